The maximum Gasteiger partial charge on any atom is 0.0900 e. The van der Waals surface area contributed by atoms with Gasteiger partial charge in [0.25, 0.3) is 0 Å². The van der Waals surface area contributed by atoms with Gasteiger partial charge in [-0.05, 0) is 20.0 Å². The van der Waals surface area contributed by atoms with E-state index in [4.69, 9.17) is 4.74 Å². The molecule has 0 rings (SSSR count). The van der Waals surface area contributed by atoms with Gasteiger partial charge in [-0.3, -0.25) is 0 Å². The third-order valence-corrected chi connectivity index (χ3v) is 1.96. The summed E-state index contributed by atoms with van der Waals surface area (Å²) in [5, 5.41) is 9.54. The van der Waals surface area contributed by atoms with E-state index in [1.165, 1.54) is 12.8 Å². The minimum Gasteiger partial charge on any atom is -0.389 e. The third kappa shape index (κ3) is 8.23. The van der Waals surface area contributed by atoms with Gasteiger partial charge in [0.1, 0.15) is 0 Å². The van der Waals surface area contributed by atoms with Crippen LogP contribution in [0, 0.1) is 0 Å². The van der Waals surface area contributed by atoms with Gasteiger partial charge in [-0.25, -0.2) is 0 Å². The molecule has 0 unspecified atom stereocenters. The Kier molecular flexibility index (Phi) is 8.94. The summed E-state index contributed by atoms with van der Waals surface area (Å²) in [5.41, 5.74) is 0. The Morgan fingerprint density at radius 2 is 2.29 bits per heavy atom. The average molecular weight is 201 g/mol. The molecule has 0 aromatic heterocycles. The molecule has 0 aliphatic carbocycles. The van der Waals surface area contributed by atoms with E-state index in [1.54, 1.807) is 6.08 Å². The van der Waals surface area contributed by atoms with Gasteiger partial charge in [0.2, 0.25) is 0 Å². The fourth-order valence-electron chi connectivity index (χ4n) is 1.22. The van der Waals surface area contributed by atoms with Crippen molar-refractivity contribution in [3.05, 3.63) is 12.7 Å². The highest BCUT2D eigenvalue weighted by Crippen LogP contribution is 1.95. The van der Waals surface area contributed by atoms with Crippen LogP contribution in [-0.2, 0) is 4.74 Å². The summed E-state index contributed by atoms with van der Waals surface area (Å²) in [6.45, 7) is 8.32. The van der Waals surface area contributed by atoms with Gasteiger partial charge in [-0.1, -0.05) is 19.4 Å². The quantitative estimate of drug-likeness (QED) is 0.450. The Balaban J connectivity index is 3.39. The Labute approximate surface area is 87.4 Å². The van der Waals surface area contributed by atoms with Crippen LogP contribution in [0.3, 0.4) is 0 Å². The van der Waals surface area contributed by atoms with Gasteiger partial charge in [0, 0.05) is 6.54 Å². The molecule has 0 aromatic rings. The van der Waals surface area contributed by atoms with Crippen molar-refractivity contribution in [1.29, 1.82) is 0 Å². The first kappa shape index (κ1) is 13.6. The van der Waals surface area contributed by atoms with Gasteiger partial charge in [-0.2, -0.15) is 0 Å². The van der Waals surface area contributed by atoms with Crippen LogP contribution in [0.2, 0.25) is 0 Å². The van der Waals surface area contributed by atoms with Crippen molar-refractivity contribution in [1.82, 2.24) is 4.90 Å². The number of hydrogen-bond donors (Lipinski definition) is 1. The molecule has 1 N–H and O–H groups in total. The fraction of sp³-hybridized carbons (Fsp3) is 0.818. The van der Waals surface area contributed by atoms with Crippen LogP contribution < -0.4 is 0 Å². The maximum atomic E-state index is 9.54. The highest BCUT2D eigenvalue weighted by Gasteiger charge is 2.07. The summed E-state index contributed by atoms with van der Waals surface area (Å²) in [7, 11) is 2.02. The highest BCUT2D eigenvalue weighted by atomic mass is 16.5. The molecule has 3 heteroatoms. The first-order chi connectivity index (χ1) is 6.70. The number of unbranched alkanes of at least 4 members (excludes halogenated alkanes) is 1. The molecule has 0 heterocycles. The van der Waals surface area contributed by atoms with Gasteiger partial charge in [0.05, 0.1) is 19.3 Å². The molecule has 14 heavy (non-hydrogen) atoms. The lowest BCUT2D eigenvalue weighted by Crippen LogP contribution is -2.32. The second-order valence-electron chi connectivity index (χ2n) is 3.60. The second kappa shape index (κ2) is 9.19. The zero-order chi connectivity index (χ0) is 10.8. The lowest BCUT2D eigenvalue weighted by Gasteiger charge is -2.19. The molecule has 0 radical (unpaired) electrons. The number of rotatable bonds is 9. The minimum atomic E-state index is -0.392. The zero-order valence-corrected chi connectivity index (χ0v) is 9.41. The molecule has 0 spiro atoms. The number of ether oxygens (including phenoxy) is 1. The minimum absolute atomic E-state index is 0.391. The zero-order valence-electron chi connectivity index (χ0n) is 9.41. The van der Waals surface area contributed by atoms with Crippen molar-refractivity contribution in [3.8, 4) is 0 Å². The molecule has 0 fully saturated rings. The number of nitrogens with zero attached hydrogens (tertiary/aromatic N) is 1. The van der Waals surface area contributed by atoms with Crippen LogP contribution in [0.1, 0.15) is 19.8 Å². The lowest BCUT2D eigenvalue weighted by molar-refractivity contribution is 0.0308. The summed E-state index contributed by atoms with van der Waals surface area (Å²) in [6, 6.07) is 0. The van der Waals surface area contributed by atoms with Crippen LogP contribution in [0.15, 0.2) is 12.7 Å². The van der Waals surface area contributed by atoms with E-state index in [-0.39, 0.29) is 0 Å². The van der Waals surface area contributed by atoms with Crippen LogP contribution >= 0.6 is 0 Å². The van der Waals surface area contributed by atoms with Gasteiger partial charge >= 0.3 is 0 Å². The maximum absolute atomic E-state index is 9.54. The van der Waals surface area contributed by atoms with Crippen LogP contribution in [-0.4, -0.2) is 49.5 Å². The molecular formula is C11H23NO2. The first-order valence-corrected chi connectivity index (χ1v) is 5.26. The van der Waals surface area contributed by atoms with E-state index in [2.05, 4.69) is 18.4 Å². The standard InChI is InChI=1S/C11H23NO2/c1-4-6-7-12(3)9-11(13)10-14-8-5-2/h5,11,13H,2,4,6-10H2,1,3H3/t11-/m0/s1. The monoisotopic (exact) mass is 201 g/mol. The van der Waals surface area contributed by atoms with Gasteiger partial charge < -0.3 is 14.7 Å². The predicted octanol–water partition coefficient (Wildman–Crippen LogP) is 1.28. The Morgan fingerprint density at radius 3 is 2.86 bits per heavy atom. The molecule has 0 aliphatic rings. The van der Waals surface area contributed by atoms with E-state index in [0.29, 0.717) is 19.8 Å². The summed E-state index contributed by atoms with van der Waals surface area (Å²) in [4.78, 5) is 2.13. The van der Waals surface area contributed by atoms with Crippen molar-refractivity contribution in [2.24, 2.45) is 0 Å². The van der Waals surface area contributed by atoms with E-state index in [9.17, 15) is 5.11 Å². The van der Waals surface area contributed by atoms with Gasteiger partial charge in [0.15, 0.2) is 0 Å². The molecule has 0 amide bonds. The van der Waals surface area contributed by atoms with Crippen LogP contribution in [0.4, 0.5) is 0 Å². The topological polar surface area (TPSA) is 32.7 Å². The summed E-state index contributed by atoms with van der Waals surface area (Å²) < 4.78 is 5.16. The van der Waals surface area contributed by atoms with Gasteiger partial charge in [-0.15, -0.1) is 6.58 Å². The second-order valence-corrected chi connectivity index (χ2v) is 3.60. The summed E-state index contributed by atoms with van der Waals surface area (Å²) in [6.07, 6.45) is 3.66. The smallest absolute Gasteiger partial charge is 0.0900 e. The highest BCUT2D eigenvalue weighted by molar-refractivity contribution is 4.66. The number of aliphatic hydroxyl groups excluding tert-OH is 1. The molecule has 0 saturated carbocycles. The normalized spacial score (nSPS) is 13.1. The fourth-order valence-corrected chi connectivity index (χ4v) is 1.22. The Bertz CT molecular complexity index is 139. The number of likely N-dealkylation sites (N-methyl/N-ethyl adjacent to an activating group) is 1. The third-order valence-electron chi connectivity index (χ3n) is 1.96. The molecule has 0 saturated heterocycles. The largest absolute Gasteiger partial charge is 0.389 e. The van der Waals surface area contributed by atoms with Crippen LogP contribution in [0.25, 0.3) is 0 Å². The lowest BCUT2D eigenvalue weighted by atomic mass is 10.3. The molecule has 0 aromatic carbocycles. The number of hydrogen-bond acceptors (Lipinski definition) is 3. The SMILES string of the molecule is C=CCOC[C@@H](O)CN(C)CCCC. The summed E-state index contributed by atoms with van der Waals surface area (Å²) >= 11 is 0. The van der Waals surface area contributed by atoms with E-state index in [0.717, 1.165) is 6.54 Å². The van der Waals surface area contributed by atoms with E-state index < -0.39 is 6.10 Å². The van der Waals surface area contributed by atoms with Crippen LogP contribution in [0.5, 0.6) is 0 Å². The predicted molar refractivity (Wildman–Crippen MR) is 59.4 cm³/mol. The molecular weight excluding hydrogens is 178 g/mol. The van der Waals surface area contributed by atoms with Crippen molar-refractivity contribution >= 4 is 0 Å². The first-order valence-electron chi connectivity index (χ1n) is 5.26. The molecule has 1 atom stereocenters. The van der Waals surface area contributed by atoms with Crippen molar-refractivity contribution in [2.45, 2.75) is 25.9 Å². The van der Waals surface area contributed by atoms with E-state index in [1.807, 2.05) is 7.05 Å². The van der Waals surface area contributed by atoms with Crippen molar-refractivity contribution in [3.63, 3.8) is 0 Å². The Hall–Kier alpha value is -0.380. The molecule has 84 valence electrons. The van der Waals surface area contributed by atoms with Crippen molar-refractivity contribution in [2.75, 3.05) is 33.4 Å². The number of aliphatic hydroxyl groups is 1. The average Bonchev–Trinajstić information content (AvgIpc) is 2.15. The summed E-state index contributed by atoms with van der Waals surface area (Å²) in [5.74, 6) is 0. The Morgan fingerprint density at radius 1 is 1.57 bits per heavy atom. The van der Waals surface area contributed by atoms with E-state index >= 15 is 0 Å². The molecule has 0 aliphatic heterocycles. The van der Waals surface area contributed by atoms with Crippen molar-refractivity contribution < 1.29 is 9.84 Å². The molecule has 0 bridgehead atoms. The molecule has 3 nitrogen and oxygen atoms in total.